The van der Waals surface area contributed by atoms with Gasteiger partial charge in [0.15, 0.2) is 0 Å². The van der Waals surface area contributed by atoms with Crippen molar-refractivity contribution in [3.05, 3.63) is 47.5 Å². The Hall–Kier alpha value is -2.95. The predicted octanol–water partition coefficient (Wildman–Crippen LogP) is 4.04. The van der Waals surface area contributed by atoms with Crippen molar-refractivity contribution in [2.45, 2.75) is 19.8 Å². The van der Waals surface area contributed by atoms with E-state index in [2.05, 4.69) is 18.0 Å². The number of carbonyl (C=O) groups is 1. The monoisotopic (exact) mass is 339 g/mol. The summed E-state index contributed by atoms with van der Waals surface area (Å²) in [6, 6.07) is 11.5. The van der Waals surface area contributed by atoms with Crippen LogP contribution in [-0.4, -0.2) is 30.3 Å². The molecule has 0 saturated carbocycles. The number of hydrogen-bond donors (Lipinski definition) is 2. The molecule has 2 N–H and O–H groups in total. The van der Waals surface area contributed by atoms with Gasteiger partial charge in [0.25, 0.3) is 0 Å². The number of benzene rings is 2. The van der Waals surface area contributed by atoms with Crippen LogP contribution in [0.2, 0.25) is 0 Å². The number of para-hydroxylation sites is 1. The molecular formula is C20H21NO4. The molecule has 3 rings (SSSR count). The molecule has 0 bridgehead atoms. The van der Waals surface area contributed by atoms with E-state index in [1.165, 1.54) is 0 Å². The van der Waals surface area contributed by atoms with Gasteiger partial charge in [0.05, 0.1) is 26.3 Å². The molecular weight excluding hydrogens is 318 g/mol. The number of aliphatic carboxylic acids is 1. The first-order chi connectivity index (χ1) is 12.1. The van der Waals surface area contributed by atoms with Crippen molar-refractivity contribution in [2.75, 3.05) is 14.2 Å². The van der Waals surface area contributed by atoms with E-state index in [1.54, 1.807) is 14.2 Å². The van der Waals surface area contributed by atoms with Crippen LogP contribution in [-0.2, 0) is 17.6 Å². The molecule has 0 saturated heterocycles. The van der Waals surface area contributed by atoms with E-state index in [0.717, 1.165) is 39.7 Å². The Morgan fingerprint density at radius 1 is 1.16 bits per heavy atom. The van der Waals surface area contributed by atoms with E-state index in [0.29, 0.717) is 11.5 Å². The van der Waals surface area contributed by atoms with Crippen LogP contribution >= 0.6 is 0 Å². The highest BCUT2D eigenvalue weighted by Crippen LogP contribution is 2.39. The van der Waals surface area contributed by atoms with E-state index in [4.69, 9.17) is 9.47 Å². The lowest BCUT2D eigenvalue weighted by molar-refractivity contribution is -0.136. The van der Waals surface area contributed by atoms with Gasteiger partial charge in [-0.15, -0.1) is 0 Å². The van der Waals surface area contributed by atoms with Gasteiger partial charge in [-0.25, -0.2) is 0 Å². The molecule has 130 valence electrons. The van der Waals surface area contributed by atoms with Gasteiger partial charge in [-0.2, -0.15) is 0 Å². The Balaban J connectivity index is 2.33. The summed E-state index contributed by atoms with van der Waals surface area (Å²) in [6.45, 7) is 2.08. The molecule has 25 heavy (non-hydrogen) atoms. The van der Waals surface area contributed by atoms with Crippen molar-refractivity contribution in [3.63, 3.8) is 0 Å². The smallest absolute Gasteiger partial charge is 0.307 e. The minimum absolute atomic E-state index is 0.0666. The lowest BCUT2D eigenvalue weighted by atomic mass is 10.0. The highest BCUT2D eigenvalue weighted by Gasteiger charge is 2.20. The molecule has 0 amide bonds. The zero-order valence-corrected chi connectivity index (χ0v) is 14.6. The first kappa shape index (κ1) is 16.9. The number of carboxylic acids is 1. The number of hydrogen-bond acceptors (Lipinski definition) is 3. The fourth-order valence-electron chi connectivity index (χ4n) is 3.20. The normalized spacial score (nSPS) is 10.8. The largest absolute Gasteiger partial charge is 0.497 e. The average molecular weight is 339 g/mol. The molecule has 0 fully saturated rings. The highest BCUT2D eigenvalue weighted by atomic mass is 16.5. The molecule has 0 spiro atoms. The minimum atomic E-state index is -0.870. The van der Waals surface area contributed by atoms with Crippen molar-refractivity contribution >= 4 is 16.9 Å². The van der Waals surface area contributed by atoms with Crippen molar-refractivity contribution in [1.82, 2.24) is 4.98 Å². The second-order valence-corrected chi connectivity index (χ2v) is 5.81. The second kappa shape index (κ2) is 6.89. The number of aromatic nitrogens is 1. The molecule has 0 atom stereocenters. The number of methoxy groups -OCH3 is 2. The summed E-state index contributed by atoms with van der Waals surface area (Å²) in [6.07, 6.45) is 0.794. The van der Waals surface area contributed by atoms with Gasteiger partial charge >= 0.3 is 5.97 Å². The van der Waals surface area contributed by atoms with Crippen LogP contribution in [0.4, 0.5) is 0 Å². The third kappa shape index (κ3) is 3.05. The molecule has 0 aliphatic heterocycles. The Kier molecular flexibility index (Phi) is 4.65. The third-order valence-corrected chi connectivity index (χ3v) is 4.41. The number of rotatable bonds is 6. The molecule has 3 aromatic rings. The van der Waals surface area contributed by atoms with Gasteiger partial charge in [-0.05, 0) is 35.7 Å². The number of ether oxygens (including phenoxy) is 2. The number of carboxylic acid groups (broad SMARTS) is 1. The Labute approximate surface area is 146 Å². The molecule has 2 aromatic carbocycles. The van der Waals surface area contributed by atoms with Crippen LogP contribution in [0.15, 0.2) is 36.4 Å². The minimum Gasteiger partial charge on any atom is -0.497 e. The Morgan fingerprint density at radius 3 is 2.60 bits per heavy atom. The van der Waals surface area contributed by atoms with Gasteiger partial charge in [-0.1, -0.05) is 25.1 Å². The first-order valence-electron chi connectivity index (χ1n) is 8.15. The van der Waals surface area contributed by atoms with E-state index < -0.39 is 5.97 Å². The maximum absolute atomic E-state index is 11.5. The maximum Gasteiger partial charge on any atom is 0.307 e. The zero-order chi connectivity index (χ0) is 18.0. The number of fused-ring (bicyclic) bond motifs is 1. The van der Waals surface area contributed by atoms with E-state index in [-0.39, 0.29) is 6.42 Å². The summed E-state index contributed by atoms with van der Waals surface area (Å²) < 4.78 is 10.8. The number of aromatic amines is 1. The van der Waals surface area contributed by atoms with Crippen LogP contribution in [0.3, 0.4) is 0 Å². The summed E-state index contributed by atoms with van der Waals surface area (Å²) in [5.74, 6) is 0.481. The molecule has 5 nitrogen and oxygen atoms in total. The van der Waals surface area contributed by atoms with Gasteiger partial charge in [0, 0.05) is 16.5 Å². The van der Waals surface area contributed by atoms with Gasteiger partial charge in [0.1, 0.15) is 11.5 Å². The number of aryl methyl sites for hydroxylation is 1. The first-order valence-corrected chi connectivity index (χ1v) is 8.15. The molecule has 5 heteroatoms. The van der Waals surface area contributed by atoms with Crippen molar-refractivity contribution in [1.29, 1.82) is 0 Å². The SMILES string of the molecule is CCc1cccc2c(CC(=O)O)c(-c3cc(OC)ccc3OC)[nH]c12. The fraction of sp³-hybridized carbons (Fsp3) is 0.250. The average Bonchev–Trinajstić information content (AvgIpc) is 2.99. The summed E-state index contributed by atoms with van der Waals surface area (Å²) in [7, 11) is 3.20. The van der Waals surface area contributed by atoms with Crippen LogP contribution in [0.25, 0.3) is 22.2 Å². The summed E-state index contributed by atoms with van der Waals surface area (Å²) in [5, 5.41) is 10.3. The topological polar surface area (TPSA) is 71.6 Å². The number of H-pyrrole nitrogens is 1. The maximum atomic E-state index is 11.5. The molecule has 0 unspecified atom stereocenters. The second-order valence-electron chi connectivity index (χ2n) is 5.81. The van der Waals surface area contributed by atoms with Gasteiger partial charge in [-0.3, -0.25) is 4.79 Å². The lowest BCUT2D eigenvalue weighted by Crippen LogP contribution is -2.01. The van der Waals surface area contributed by atoms with Crippen LogP contribution in [0.5, 0.6) is 11.5 Å². The summed E-state index contributed by atoms with van der Waals surface area (Å²) in [5.41, 5.74) is 4.42. The molecule has 1 aromatic heterocycles. The van der Waals surface area contributed by atoms with E-state index in [9.17, 15) is 9.90 Å². The zero-order valence-electron chi connectivity index (χ0n) is 14.6. The van der Waals surface area contributed by atoms with Crippen LogP contribution in [0, 0.1) is 0 Å². The molecule has 0 aliphatic rings. The molecule has 1 heterocycles. The van der Waals surface area contributed by atoms with Crippen LogP contribution in [0.1, 0.15) is 18.1 Å². The Morgan fingerprint density at radius 2 is 1.96 bits per heavy atom. The van der Waals surface area contributed by atoms with Gasteiger partial charge in [0.2, 0.25) is 0 Å². The third-order valence-electron chi connectivity index (χ3n) is 4.41. The highest BCUT2D eigenvalue weighted by molar-refractivity contribution is 5.96. The van der Waals surface area contributed by atoms with E-state index >= 15 is 0 Å². The predicted molar refractivity (Wildman–Crippen MR) is 97.6 cm³/mol. The Bertz CT molecular complexity index is 927. The summed E-state index contributed by atoms with van der Waals surface area (Å²) >= 11 is 0. The van der Waals surface area contributed by atoms with Crippen molar-refractivity contribution in [2.24, 2.45) is 0 Å². The van der Waals surface area contributed by atoms with Crippen molar-refractivity contribution < 1.29 is 19.4 Å². The summed E-state index contributed by atoms with van der Waals surface area (Å²) in [4.78, 5) is 14.9. The van der Waals surface area contributed by atoms with Crippen LogP contribution < -0.4 is 9.47 Å². The fourth-order valence-corrected chi connectivity index (χ4v) is 3.20. The van der Waals surface area contributed by atoms with Crippen molar-refractivity contribution in [3.8, 4) is 22.8 Å². The number of nitrogens with one attached hydrogen (secondary N) is 1. The lowest BCUT2D eigenvalue weighted by Gasteiger charge is -2.11. The quantitative estimate of drug-likeness (QED) is 0.711. The molecule has 0 radical (unpaired) electrons. The standard InChI is InChI=1S/C20H21NO4/c1-4-12-6-5-7-14-15(11-18(22)23)20(21-19(12)14)16-10-13(24-2)8-9-17(16)25-3/h5-10,21H,4,11H2,1-3H3,(H,22,23). The molecule has 0 aliphatic carbocycles. The van der Waals surface area contributed by atoms with E-state index in [1.807, 2.05) is 30.3 Å². The van der Waals surface area contributed by atoms with Gasteiger partial charge < -0.3 is 19.6 Å².